The quantitative estimate of drug-likeness (QED) is 0.848. The smallest absolute Gasteiger partial charge is 0.273 e. The molecule has 2 aromatic rings. The van der Waals surface area contributed by atoms with Gasteiger partial charge in [0.05, 0.1) is 5.01 Å². The summed E-state index contributed by atoms with van der Waals surface area (Å²) in [5.41, 5.74) is 1.06. The van der Waals surface area contributed by atoms with Crippen LogP contribution in [0.15, 0.2) is 29.6 Å². The van der Waals surface area contributed by atoms with Crippen molar-refractivity contribution in [2.24, 2.45) is 0 Å². The van der Waals surface area contributed by atoms with E-state index >= 15 is 0 Å². The highest BCUT2D eigenvalue weighted by molar-refractivity contribution is 7.09. The van der Waals surface area contributed by atoms with E-state index in [0.29, 0.717) is 24.2 Å². The Morgan fingerprint density at radius 2 is 2.08 bits per heavy atom. The third-order valence-corrected chi connectivity index (χ3v) is 5.21. The van der Waals surface area contributed by atoms with Gasteiger partial charge in [0.25, 0.3) is 5.91 Å². The molecule has 2 heterocycles. The molecule has 138 valence electrons. The maximum atomic E-state index is 13.7. The van der Waals surface area contributed by atoms with Gasteiger partial charge in [-0.1, -0.05) is 18.2 Å². The molecule has 1 aliphatic heterocycles. The molecular weight excluding hydrogens is 384 g/mol. The monoisotopic (exact) mass is 405 g/mol. The van der Waals surface area contributed by atoms with E-state index in [9.17, 15) is 9.18 Å². The van der Waals surface area contributed by atoms with Crippen LogP contribution in [-0.4, -0.2) is 41.0 Å². The molecule has 25 heavy (non-hydrogen) atoms. The van der Waals surface area contributed by atoms with E-state index < -0.39 is 0 Å². The molecule has 1 N–H and O–H groups in total. The number of carbonyl (C=O) groups excluding carboxylic acids is 1. The lowest BCUT2D eigenvalue weighted by Gasteiger charge is -2.38. The summed E-state index contributed by atoms with van der Waals surface area (Å²) in [5.74, 6) is -0.276. The van der Waals surface area contributed by atoms with Gasteiger partial charge in [0.2, 0.25) is 0 Å². The van der Waals surface area contributed by atoms with E-state index in [1.54, 1.807) is 17.5 Å². The molecule has 1 aliphatic rings. The number of nitrogens with one attached hydrogen (secondary N) is 1. The Kier molecular flexibility index (Phi) is 8.28. The molecule has 1 aromatic carbocycles. The molecule has 0 radical (unpaired) electrons. The minimum absolute atomic E-state index is 0. The fourth-order valence-electron chi connectivity index (χ4n) is 2.79. The number of amides is 1. The van der Waals surface area contributed by atoms with E-state index in [0.717, 1.165) is 11.6 Å². The van der Waals surface area contributed by atoms with Gasteiger partial charge in [0.15, 0.2) is 0 Å². The summed E-state index contributed by atoms with van der Waals surface area (Å²) in [4.78, 5) is 18.9. The number of carbonyl (C=O) groups is 1. The van der Waals surface area contributed by atoms with Gasteiger partial charge in [0.1, 0.15) is 11.5 Å². The lowest BCUT2D eigenvalue weighted by molar-refractivity contribution is 0.0597. The molecule has 2 atom stereocenters. The van der Waals surface area contributed by atoms with Crippen molar-refractivity contribution in [2.75, 3.05) is 13.1 Å². The molecule has 2 unspecified atom stereocenters. The van der Waals surface area contributed by atoms with Gasteiger partial charge in [-0.25, -0.2) is 9.37 Å². The van der Waals surface area contributed by atoms with Crippen LogP contribution in [0.2, 0.25) is 0 Å². The molecule has 1 fully saturated rings. The Balaban J connectivity index is 0.00000156. The van der Waals surface area contributed by atoms with Crippen molar-refractivity contribution in [3.8, 4) is 0 Å². The number of piperazine rings is 1. The van der Waals surface area contributed by atoms with Gasteiger partial charge in [-0.15, -0.1) is 36.2 Å². The zero-order valence-corrected chi connectivity index (χ0v) is 16.5. The number of halogens is 3. The predicted octanol–water partition coefficient (Wildman–Crippen LogP) is 3.54. The lowest BCUT2D eigenvalue weighted by atomic mass is 10.1. The van der Waals surface area contributed by atoms with Crippen molar-refractivity contribution >= 4 is 42.1 Å². The second-order valence-corrected chi connectivity index (χ2v) is 6.82. The Hall–Kier alpha value is -1.21. The standard InChI is InChI=1S/C17H20FN3OS.2ClH/c1-11-12(2)21(8-7-19-11)17(22)15-10-23-16(20-15)9-13-5-3-4-6-14(13)18;;/h3-6,10-12,19H,7-9H2,1-2H3;2*1H. The molecule has 1 aromatic heterocycles. The largest absolute Gasteiger partial charge is 0.332 e. The molecule has 4 nitrogen and oxygen atoms in total. The first kappa shape index (κ1) is 21.8. The van der Waals surface area contributed by atoms with Gasteiger partial charge in [0, 0.05) is 37.0 Å². The second-order valence-electron chi connectivity index (χ2n) is 5.88. The molecule has 1 saturated heterocycles. The first-order chi connectivity index (χ1) is 11.1. The van der Waals surface area contributed by atoms with Gasteiger partial charge in [-0.05, 0) is 25.5 Å². The highest BCUT2D eigenvalue weighted by atomic mass is 35.5. The zero-order valence-electron chi connectivity index (χ0n) is 14.1. The number of aromatic nitrogens is 1. The van der Waals surface area contributed by atoms with Crippen LogP contribution in [0, 0.1) is 5.82 Å². The summed E-state index contributed by atoms with van der Waals surface area (Å²) in [6.07, 6.45) is 0.415. The third kappa shape index (κ3) is 4.91. The van der Waals surface area contributed by atoms with Crippen molar-refractivity contribution in [2.45, 2.75) is 32.4 Å². The number of rotatable bonds is 3. The Morgan fingerprint density at radius 1 is 1.36 bits per heavy atom. The summed E-state index contributed by atoms with van der Waals surface area (Å²) < 4.78 is 13.7. The minimum atomic E-state index is -0.236. The van der Waals surface area contributed by atoms with Gasteiger partial charge >= 0.3 is 0 Å². The summed E-state index contributed by atoms with van der Waals surface area (Å²) in [5, 5.41) is 5.89. The van der Waals surface area contributed by atoms with E-state index in [1.165, 1.54) is 17.4 Å². The average Bonchev–Trinajstić information content (AvgIpc) is 3.00. The van der Waals surface area contributed by atoms with E-state index in [1.807, 2.05) is 17.9 Å². The number of thiazole rings is 1. The van der Waals surface area contributed by atoms with Crippen LogP contribution in [0.5, 0.6) is 0 Å². The fourth-order valence-corrected chi connectivity index (χ4v) is 3.58. The van der Waals surface area contributed by atoms with Crippen molar-refractivity contribution < 1.29 is 9.18 Å². The SMILES string of the molecule is CC1NCCN(C(=O)c2csc(Cc3ccccc3F)n2)C1C.Cl.Cl. The van der Waals surface area contributed by atoms with Crippen LogP contribution < -0.4 is 5.32 Å². The topological polar surface area (TPSA) is 45.2 Å². The van der Waals surface area contributed by atoms with E-state index in [2.05, 4.69) is 17.2 Å². The van der Waals surface area contributed by atoms with Crippen molar-refractivity contribution in [3.05, 3.63) is 51.7 Å². The highest BCUT2D eigenvalue weighted by Gasteiger charge is 2.29. The van der Waals surface area contributed by atoms with E-state index in [4.69, 9.17) is 0 Å². The molecule has 0 saturated carbocycles. The Morgan fingerprint density at radius 3 is 2.80 bits per heavy atom. The third-order valence-electron chi connectivity index (χ3n) is 4.37. The molecule has 0 aliphatic carbocycles. The molecule has 8 heteroatoms. The van der Waals surface area contributed by atoms with Crippen LogP contribution >= 0.6 is 36.2 Å². The highest BCUT2D eigenvalue weighted by Crippen LogP contribution is 2.19. The molecule has 0 spiro atoms. The van der Waals surface area contributed by atoms with Crippen molar-refractivity contribution in [3.63, 3.8) is 0 Å². The predicted molar refractivity (Wildman–Crippen MR) is 104 cm³/mol. The number of benzene rings is 1. The maximum Gasteiger partial charge on any atom is 0.273 e. The summed E-state index contributed by atoms with van der Waals surface area (Å²) in [7, 11) is 0. The molecular formula is C17H22Cl2FN3OS. The van der Waals surface area contributed by atoms with Crippen LogP contribution in [0.1, 0.15) is 34.9 Å². The number of hydrogen-bond donors (Lipinski definition) is 1. The average molecular weight is 406 g/mol. The van der Waals surface area contributed by atoms with Crippen molar-refractivity contribution in [1.82, 2.24) is 15.2 Å². The number of hydrogen-bond acceptors (Lipinski definition) is 4. The van der Waals surface area contributed by atoms with Crippen molar-refractivity contribution in [1.29, 1.82) is 0 Å². The fraction of sp³-hybridized carbons (Fsp3) is 0.412. The lowest BCUT2D eigenvalue weighted by Crippen LogP contribution is -2.57. The van der Waals surface area contributed by atoms with E-state index in [-0.39, 0.29) is 48.6 Å². The van der Waals surface area contributed by atoms with Crippen LogP contribution in [0.3, 0.4) is 0 Å². The maximum absolute atomic E-state index is 13.7. The second kappa shape index (κ2) is 9.48. The molecule has 3 rings (SSSR count). The van der Waals surface area contributed by atoms with Gasteiger partial charge in [-0.3, -0.25) is 4.79 Å². The first-order valence-corrected chi connectivity index (χ1v) is 8.66. The first-order valence-electron chi connectivity index (χ1n) is 7.78. The normalized spacial score (nSPS) is 19.7. The molecule has 1 amide bonds. The Labute approximate surface area is 163 Å². The molecule has 0 bridgehead atoms. The number of nitrogens with zero attached hydrogens (tertiary/aromatic N) is 2. The minimum Gasteiger partial charge on any atom is -0.332 e. The van der Waals surface area contributed by atoms with Gasteiger partial charge in [-0.2, -0.15) is 0 Å². The summed E-state index contributed by atoms with van der Waals surface area (Å²) in [6.45, 7) is 5.60. The Bertz CT molecular complexity index is 713. The van der Waals surface area contributed by atoms with Gasteiger partial charge < -0.3 is 10.2 Å². The van der Waals surface area contributed by atoms with Crippen LogP contribution in [0.25, 0.3) is 0 Å². The summed E-state index contributed by atoms with van der Waals surface area (Å²) in [6, 6.07) is 7.07. The van der Waals surface area contributed by atoms with Crippen LogP contribution in [-0.2, 0) is 6.42 Å². The zero-order chi connectivity index (χ0) is 16.4. The van der Waals surface area contributed by atoms with Crippen LogP contribution in [0.4, 0.5) is 4.39 Å². The summed E-state index contributed by atoms with van der Waals surface area (Å²) >= 11 is 1.41.